The van der Waals surface area contributed by atoms with E-state index in [0.29, 0.717) is 11.4 Å². The summed E-state index contributed by atoms with van der Waals surface area (Å²) in [6.07, 6.45) is 0.453. The average Bonchev–Trinajstić information content (AvgIpc) is 2.70. The van der Waals surface area contributed by atoms with Gasteiger partial charge in [-0.3, -0.25) is 9.79 Å². The van der Waals surface area contributed by atoms with Crippen molar-refractivity contribution in [1.82, 2.24) is 4.98 Å². The first-order valence-corrected chi connectivity index (χ1v) is 12.0. The van der Waals surface area contributed by atoms with Gasteiger partial charge in [-0.1, -0.05) is 18.7 Å². The Balaban J connectivity index is 1.71. The van der Waals surface area contributed by atoms with E-state index in [1.165, 1.54) is 40.5 Å². The van der Waals surface area contributed by atoms with Crippen LogP contribution < -0.4 is 10.0 Å². The molecule has 0 radical (unpaired) electrons. The average molecular weight is 499 g/mol. The zero-order valence-electron chi connectivity index (χ0n) is 17.9. The number of hydrogen-bond acceptors (Lipinski definition) is 6. The summed E-state index contributed by atoms with van der Waals surface area (Å²) in [5.41, 5.74) is 5.38. The molecule has 0 saturated heterocycles. The van der Waals surface area contributed by atoms with Crippen molar-refractivity contribution >= 4 is 40.5 Å². The quantitative estimate of drug-likeness (QED) is 0.435. The van der Waals surface area contributed by atoms with E-state index in [0.717, 1.165) is 24.0 Å². The van der Waals surface area contributed by atoms with Crippen LogP contribution in [0.2, 0.25) is 0 Å². The van der Waals surface area contributed by atoms with Gasteiger partial charge in [-0.05, 0) is 55.6 Å². The zero-order valence-corrected chi connectivity index (χ0v) is 19.6. The lowest BCUT2D eigenvalue weighted by atomic mass is 9.71. The fraction of sp³-hybridized carbons (Fsp3) is 0.409. The number of pyridine rings is 1. The number of anilines is 1. The van der Waals surface area contributed by atoms with E-state index < -0.39 is 33.8 Å². The van der Waals surface area contributed by atoms with E-state index in [9.17, 15) is 18.0 Å². The minimum Gasteiger partial charge on any atom is -0.378 e. The van der Waals surface area contributed by atoms with E-state index >= 15 is 4.39 Å². The molecule has 2 N–H and O–H groups in total. The number of alkyl halides is 2. The molecule has 0 bridgehead atoms. The maximum Gasteiger partial charge on any atom is 0.286 e. The predicted molar refractivity (Wildman–Crippen MR) is 124 cm³/mol. The largest absolute Gasteiger partial charge is 0.378 e. The second kappa shape index (κ2) is 8.50. The minimum absolute atomic E-state index is 0.0291. The smallest absolute Gasteiger partial charge is 0.286 e. The van der Waals surface area contributed by atoms with Crippen molar-refractivity contribution in [2.75, 3.05) is 10.1 Å². The van der Waals surface area contributed by atoms with Gasteiger partial charge < -0.3 is 5.73 Å². The Labute approximate surface area is 197 Å². The lowest BCUT2D eigenvalue weighted by Gasteiger charge is -2.52. The zero-order chi connectivity index (χ0) is 24.0. The van der Waals surface area contributed by atoms with Gasteiger partial charge in [0.1, 0.15) is 17.3 Å². The molecule has 1 aromatic heterocycles. The molecule has 176 valence electrons. The molecule has 5 nitrogen and oxygen atoms in total. The summed E-state index contributed by atoms with van der Waals surface area (Å²) in [5, 5.41) is 0.135. The number of aliphatic imine (C=N–C) groups is 1. The Kier molecular flexibility index (Phi) is 6.15. The van der Waals surface area contributed by atoms with Gasteiger partial charge >= 0.3 is 0 Å². The van der Waals surface area contributed by atoms with Crippen LogP contribution in [0.1, 0.15) is 49.2 Å². The molecule has 1 aliphatic heterocycles. The fourth-order valence-corrected chi connectivity index (χ4v) is 6.81. The van der Waals surface area contributed by atoms with E-state index in [4.69, 9.17) is 5.73 Å². The SMILES string of the molecule is CCSN(C(=O)c1ccc(F)cn1)c1ccc(F)c(C2(C)CC3(CC(F)(F)C3)SC(N)=N2)c1. The summed E-state index contributed by atoms with van der Waals surface area (Å²) in [4.78, 5) is 21.4. The third kappa shape index (κ3) is 4.70. The summed E-state index contributed by atoms with van der Waals surface area (Å²) in [6.45, 7) is 3.51. The molecule has 1 saturated carbocycles. The molecule has 1 spiro atoms. The van der Waals surface area contributed by atoms with Crippen molar-refractivity contribution in [3.8, 4) is 0 Å². The van der Waals surface area contributed by atoms with Crippen molar-refractivity contribution in [1.29, 1.82) is 0 Å². The Morgan fingerprint density at radius 3 is 2.55 bits per heavy atom. The first-order valence-electron chi connectivity index (χ1n) is 10.3. The Morgan fingerprint density at radius 1 is 1.21 bits per heavy atom. The van der Waals surface area contributed by atoms with Crippen LogP contribution in [0.3, 0.4) is 0 Å². The number of carbonyl (C=O) groups is 1. The van der Waals surface area contributed by atoms with Crippen LogP contribution in [0.15, 0.2) is 41.5 Å². The van der Waals surface area contributed by atoms with E-state index in [2.05, 4.69) is 9.98 Å². The Bertz CT molecular complexity index is 1100. The predicted octanol–water partition coefficient (Wildman–Crippen LogP) is 5.51. The molecule has 2 aromatic rings. The van der Waals surface area contributed by atoms with E-state index in [1.807, 2.05) is 6.92 Å². The van der Waals surface area contributed by atoms with Crippen LogP contribution in [0.5, 0.6) is 0 Å². The normalized spacial score (nSPS) is 23.0. The van der Waals surface area contributed by atoms with Crippen molar-refractivity contribution in [2.24, 2.45) is 10.7 Å². The van der Waals surface area contributed by atoms with Gasteiger partial charge in [0.2, 0.25) is 0 Å². The first-order chi connectivity index (χ1) is 15.5. The summed E-state index contributed by atoms with van der Waals surface area (Å²) in [5.74, 6) is -3.88. The number of aromatic nitrogens is 1. The monoisotopic (exact) mass is 498 g/mol. The fourth-order valence-electron chi connectivity index (χ4n) is 4.47. The molecule has 2 aliphatic rings. The maximum atomic E-state index is 15.0. The maximum absolute atomic E-state index is 15.0. The number of nitrogens with zero attached hydrogens (tertiary/aromatic N) is 3. The Morgan fingerprint density at radius 2 is 1.94 bits per heavy atom. The van der Waals surface area contributed by atoms with Crippen LogP contribution in [0, 0.1) is 11.6 Å². The molecule has 1 atom stereocenters. The van der Waals surface area contributed by atoms with Crippen LogP contribution >= 0.6 is 23.7 Å². The second-order valence-corrected chi connectivity index (χ2v) is 11.1. The van der Waals surface area contributed by atoms with E-state index in [-0.39, 0.29) is 35.7 Å². The van der Waals surface area contributed by atoms with Gasteiger partial charge in [0.05, 0.1) is 17.4 Å². The number of amides is 1. The number of benzene rings is 1. The number of nitrogens with two attached hydrogens (primary N) is 1. The number of rotatable bonds is 5. The summed E-state index contributed by atoms with van der Waals surface area (Å²) < 4.78 is 56.3. The highest BCUT2D eigenvalue weighted by Gasteiger charge is 2.61. The second-order valence-electron chi connectivity index (χ2n) is 8.44. The molecule has 1 unspecified atom stereocenters. The Hall–Kier alpha value is -2.27. The lowest BCUT2D eigenvalue weighted by Crippen LogP contribution is -2.55. The third-order valence-corrected chi connectivity index (χ3v) is 7.72. The van der Waals surface area contributed by atoms with Gasteiger partial charge in [0.15, 0.2) is 5.17 Å². The third-order valence-electron chi connectivity index (χ3n) is 5.66. The highest BCUT2D eigenvalue weighted by molar-refractivity contribution is 8.15. The molecule has 2 heterocycles. The highest BCUT2D eigenvalue weighted by atomic mass is 32.2. The van der Waals surface area contributed by atoms with Crippen LogP contribution in [0.25, 0.3) is 0 Å². The van der Waals surface area contributed by atoms with Crippen molar-refractivity contribution in [3.63, 3.8) is 0 Å². The molecule has 4 rings (SSSR count). The number of halogens is 4. The number of carbonyl (C=O) groups excluding carboxylic acids is 1. The standard InChI is InChI=1S/C22H22F4N4OS2/c1-3-32-30(18(31)17-7-4-13(23)9-28-17)14-5-6-16(24)15(8-14)20(2)10-21(33-19(27)29-20)11-22(25,26)12-21/h4-9H,3,10-12H2,1-2H3,(H2,27,29). The molecular formula is C22H22F4N4OS2. The molecule has 1 fully saturated rings. The van der Waals surface area contributed by atoms with Gasteiger partial charge in [-0.15, -0.1) is 0 Å². The van der Waals surface area contributed by atoms with Crippen LogP contribution in [-0.2, 0) is 5.54 Å². The number of hydrogen-bond donors (Lipinski definition) is 1. The van der Waals surface area contributed by atoms with Gasteiger partial charge in [-0.25, -0.2) is 26.9 Å². The highest BCUT2D eigenvalue weighted by Crippen LogP contribution is 2.60. The minimum atomic E-state index is -2.77. The molecule has 1 aliphatic carbocycles. The van der Waals surface area contributed by atoms with Crippen LogP contribution in [-0.4, -0.2) is 32.5 Å². The first kappa shape index (κ1) is 23.9. The van der Waals surface area contributed by atoms with Gasteiger partial charge in [0, 0.05) is 28.9 Å². The van der Waals surface area contributed by atoms with Crippen molar-refractivity contribution < 1.29 is 22.4 Å². The summed E-state index contributed by atoms with van der Waals surface area (Å²) in [7, 11) is 0. The number of thioether (sulfide) groups is 1. The van der Waals surface area contributed by atoms with Crippen molar-refractivity contribution in [3.05, 3.63) is 59.4 Å². The molecule has 1 aromatic carbocycles. The summed E-state index contributed by atoms with van der Waals surface area (Å²) in [6, 6.07) is 6.58. The molecule has 11 heteroatoms. The number of amidine groups is 1. The lowest BCUT2D eigenvalue weighted by molar-refractivity contribution is -0.101. The topological polar surface area (TPSA) is 71.6 Å². The molecular weight excluding hydrogens is 476 g/mol. The van der Waals surface area contributed by atoms with E-state index in [1.54, 1.807) is 6.92 Å². The molecule has 33 heavy (non-hydrogen) atoms. The van der Waals surface area contributed by atoms with Crippen LogP contribution in [0.4, 0.5) is 23.2 Å². The summed E-state index contributed by atoms with van der Waals surface area (Å²) >= 11 is 2.30. The van der Waals surface area contributed by atoms with Crippen molar-refractivity contribution in [2.45, 2.75) is 49.3 Å². The van der Waals surface area contributed by atoms with Gasteiger partial charge in [-0.2, -0.15) is 0 Å². The molecule has 1 amide bonds. The van der Waals surface area contributed by atoms with Gasteiger partial charge in [0.25, 0.3) is 11.8 Å².